The fraction of sp³-hybridized carbons (Fsp3) is 0.158. The molecule has 148 valence electrons. The molecule has 0 aliphatic carbocycles. The quantitative estimate of drug-likeness (QED) is 0.378. The summed E-state index contributed by atoms with van der Waals surface area (Å²) in [6.45, 7) is 1.97. The number of hydrogen-bond acceptors (Lipinski definition) is 6. The van der Waals surface area contributed by atoms with Crippen LogP contribution in [-0.4, -0.2) is 10.9 Å². The molecule has 5 heterocycles. The zero-order valence-electron chi connectivity index (χ0n) is 14.8. The Hall–Kier alpha value is -2.43. The number of thiophene rings is 3. The molecule has 5 rings (SSSR count). The lowest BCUT2D eigenvalue weighted by Gasteiger charge is -2.25. The van der Waals surface area contributed by atoms with Crippen LogP contribution >= 0.6 is 34.0 Å². The number of aromatic nitrogens is 1. The maximum atomic E-state index is 13.4. The van der Waals surface area contributed by atoms with Crippen LogP contribution in [-0.2, 0) is 6.18 Å². The van der Waals surface area contributed by atoms with Crippen molar-refractivity contribution in [1.29, 1.82) is 0 Å². The van der Waals surface area contributed by atoms with Gasteiger partial charge in [-0.1, -0.05) is 6.07 Å². The highest BCUT2D eigenvalue weighted by Crippen LogP contribution is 2.46. The van der Waals surface area contributed by atoms with Crippen molar-refractivity contribution >= 4 is 55.8 Å². The van der Waals surface area contributed by atoms with Crippen molar-refractivity contribution in [2.24, 2.45) is 0 Å². The number of alkyl halides is 3. The third-order valence-corrected chi connectivity index (χ3v) is 7.61. The number of rotatable bonds is 2. The molecule has 1 aliphatic rings. The predicted octanol–water partition coefficient (Wildman–Crippen LogP) is 6.27. The summed E-state index contributed by atoms with van der Waals surface area (Å²) in [4.78, 5) is 19.8. The van der Waals surface area contributed by atoms with Crippen molar-refractivity contribution in [2.75, 3.05) is 5.32 Å². The fourth-order valence-electron chi connectivity index (χ4n) is 3.30. The van der Waals surface area contributed by atoms with Crippen molar-refractivity contribution < 1.29 is 18.0 Å². The Morgan fingerprint density at radius 1 is 1.14 bits per heavy atom. The van der Waals surface area contributed by atoms with Gasteiger partial charge in [-0.25, -0.2) is 4.98 Å². The van der Waals surface area contributed by atoms with E-state index in [1.54, 1.807) is 23.5 Å². The summed E-state index contributed by atoms with van der Waals surface area (Å²) in [7, 11) is 0. The Bertz CT molecular complexity index is 1240. The third kappa shape index (κ3) is 3.11. The molecule has 0 bridgehead atoms. The van der Waals surface area contributed by atoms with Crippen LogP contribution in [0, 0.1) is 6.92 Å². The van der Waals surface area contributed by atoms with E-state index < -0.39 is 18.0 Å². The largest absolute Gasteiger partial charge is 0.433 e. The van der Waals surface area contributed by atoms with E-state index in [4.69, 9.17) is 0 Å². The first kappa shape index (κ1) is 18.6. The van der Waals surface area contributed by atoms with E-state index in [1.807, 2.05) is 24.4 Å². The molecule has 0 unspecified atom stereocenters. The highest BCUT2D eigenvalue weighted by Gasteiger charge is 2.36. The number of nitrogens with one attached hydrogen (secondary N) is 2. The van der Waals surface area contributed by atoms with Gasteiger partial charge in [-0.15, -0.1) is 34.0 Å². The minimum atomic E-state index is -4.57. The average Bonchev–Trinajstić information content (AvgIpc) is 3.39. The van der Waals surface area contributed by atoms with E-state index in [9.17, 15) is 18.0 Å². The molecule has 1 amide bonds. The number of halogens is 3. The molecular weight excluding hydrogens is 439 g/mol. The van der Waals surface area contributed by atoms with Crippen LogP contribution in [0.3, 0.4) is 0 Å². The number of nitrogens with zero attached hydrogens (tertiary/aromatic N) is 1. The summed E-state index contributed by atoms with van der Waals surface area (Å²) >= 11 is 3.87. The fourth-order valence-corrected chi connectivity index (χ4v) is 5.99. The molecule has 0 aromatic carbocycles. The maximum absolute atomic E-state index is 13.4. The summed E-state index contributed by atoms with van der Waals surface area (Å²) in [5.41, 5.74) is 0.00500. The van der Waals surface area contributed by atoms with Crippen LogP contribution in [0.25, 0.3) is 20.7 Å². The molecule has 0 fully saturated rings. The molecule has 4 aromatic rings. The van der Waals surface area contributed by atoms with Crippen LogP contribution in [0.5, 0.6) is 0 Å². The summed E-state index contributed by atoms with van der Waals surface area (Å²) < 4.78 is 40.3. The molecule has 4 aromatic heterocycles. The SMILES string of the molecule is Cc1ccc([C@H]2NC(=O)c3sc4nc(C(F)(F)F)cc(-c5cccs5)c4c3N2)s1. The molecule has 0 saturated heterocycles. The van der Waals surface area contributed by atoms with Gasteiger partial charge in [0, 0.05) is 25.6 Å². The Balaban J connectivity index is 1.74. The topological polar surface area (TPSA) is 54.0 Å². The van der Waals surface area contributed by atoms with Gasteiger partial charge in [-0.3, -0.25) is 4.79 Å². The lowest BCUT2D eigenvalue weighted by Crippen LogP contribution is -2.37. The Morgan fingerprint density at radius 3 is 2.62 bits per heavy atom. The maximum Gasteiger partial charge on any atom is 0.433 e. The Labute approximate surface area is 175 Å². The molecule has 1 aliphatic heterocycles. The Kier molecular flexibility index (Phi) is 4.19. The van der Waals surface area contributed by atoms with Crippen LogP contribution in [0.1, 0.15) is 31.3 Å². The first-order chi connectivity index (χ1) is 13.8. The van der Waals surface area contributed by atoms with E-state index >= 15 is 0 Å². The van der Waals surface area contributed by atoms with Crippen molar-refractivity contribution in [1.82, 2.24) is 10.3 Å². The van der Waals surface area contributed by atoms with Gasteiger partial charge in [0.2, 0.25) is 0 Å². The highest BCUT2D eigenvalue weighted by atomic mass is 32.1. The highest BCUT2D eigenvalue weighted by molar-refractivity contribution is 7.21. The summed E-state index contributed by atoms with van der Waals surface area (Å²) in [5, 5.41) is 8.56. The zero-order chi connectivity index (χ0) is 20.3. The normalized spacial score (nSPS) is 16.6. The van der Waals surface area contributed by atoms with Gasteiger partial charge in [0.15, 0.2) is 0 Å². The van der Waals surface area contributed by atoms with Crippen LogP contribution in [0.4, 0.5) is 18.9 Å². The minimum absolute atomic E-state index is 0.193. The van der Waals surface area contributed by atoms with E-state index in [2.05, 4.69) is 15.6 Å². The lowest BCUT2D eigenvalue weighted by atomic mass is 10.1. The van der Waals surface area contributed by atoms with E-state index in [0.29, 0.717) is 26.4 Å². The Morgan fingerprint density at radius 2 is 1.97 bits per heavy atom. The molecule has 4 nitrogen and oxygen atoms in total. The van der Waals surface area contributed by atoms with Crippen molar-refractivity contribution in [3.05, 3.63) is 56.0 Å². The first-order valence-corrected chi connectivity index (χ1v) is 11.0. The number of pyridine rings is 1. The van der Waals surface area contributed by atoms with Gasteiger partial charge in [-0.05, 0) is 36.6 Å². The number of aryl methyl sites for hydroxylation is 1. The van der Waals surface area contributed by atoms with Gasteiger partial charge >= 0.3 is 6.18 Å². The monoisotopic (exact) mass is 451 g/mol. The van der Waals surface area contributed by atoms with Gasteiger partial charge in [0.05, 0.1) is 5.69 Å². The summed E-state index contributed by atoms with van der Waals surface area (Å²) in [6.07, 6.45) is -5.01. The molecule has 0 saturated carbocycles. The van der Waals surface area contributed by atoms with Gasteiger partial charge < -0.3 is 10.6 Å². The second-order valence-corrected chi connectivity index (χ2v) is 9.78. The lowest BCUT2D eigenvalue weighted by molar-refractivity contribution is -0.140. The zero-order valence-corrected chi connectivity index (χ0v) is 17.2. The van der Waals surface area contributed by atoms with Crippen molar-refractivity contribution in [3.63, 3.8) is 0 Å². The first-order valence-electron chi connectivity index (χ1n) is 8.53. The van der Waals surface area contributed by atoms with E-state index in [0.717, 1.165) is 27.2 Å². The van der Waals surface area contributed by atoms with Crippen LogP contribution < -0.4 is 10.6 Å². The molecule has 2 N–H and O–H groups in total. The van der Waals surface area contributed by atoms with Gasteiger partial charge in [0.1, 0.15) is 21.6 Å². The molecular formula is C19H12F3N3OS3. The second-order valence-electron chi connectivity index (χ2n) is 6.52. The number of hydrogen-bond donors (Lipinski definition) is 2. The van der Waals surface area contributed by atoms with Crippen LogP contribution in [0.2, 0.25) is 0 Å². The van der Waals surface area contributed by atoms with E-state index in [-0.39, 0.29) is 10.7 Å². The summed E-state index contributed by atoms with van der Waals surface area (Å²) in [5.74, 6) is -0.316. The summed E-state index contributed by atoms with van der Waals surface area (Å²) in [6, 6.07) is 8.52. The smallest absolute Gasteiger partial charge is 0.359 e. The van der Waals surface area contributed by atoms with Gasteiger partial charge in [0.25, 0.3) is 5.91 Å². The average molecular weight is 452 g/mol. The third-order valence-electron chi connectivity index (χ3n) is 4.56. The van der Waals surface area contributed by atoms with E-state index in [1.165, 1.54) is 11.3 Å². The van der Waals surface area contributed by atoms with Crippen molar-refractivity contribution in [3.8, 4) is 10.4 Å². The number of amides is 1. The second kappa shape index (κ2) is 6.54. The molecule has 1 atom stereocenters. The predicted molar refractivity (Wildman–Crippen MR) is 111 cm³/mol. The number of carbonyl (C=O) groups is 1. The van der Waals surface area contributed by atoms with Crippen molar-refractivity contribution in [2.45, 2.75) is 19.3 Å². The van der Waals surface area contributed by atoms with Gasteiger partial charge in [-0.2, -0.15) is 13.2 Å². The number of carbonyl (C=O) groups excluding carboxylic acids is 1. The molecule has 0 radical (unpaired) electrons. The number of anilines is 1. The number of fused-ring (bicyclic) bond motifs is 3. The molecule has 0 spiro atoms. The molecule has 10 heteroatoms. The van der Waals surface area contributed by atoms with Crippen LogP contribution in [0.15, 0.2) is 35.7 Å². The minimum Gasteiger partial charge on any atom is -0.359 e. The standard InChI is InChI=1S/C19H12F3N3OS3/c1-8-4-5-11(28-8)16-24-14-13-9(10-3-2-6-27-10)7-12(19(20,21)22)23-18(13)29-15(14)17(26)25-16/h2-7,16,24H,1H3,(H,25,26)/t16-/m1/s1. The molecule has 29 heavy (non-hydrogen) atoms.